The molecule has 2 heterocycles. The zero-order valence-corrected chi connectivity index (χ0v) is 13.4. The highest BCUT2D eigenvalue weighted by molar-refractivity contribution is 8.27. The molecule has 1 aromatic carbocycles. The van der Waals surface area contributed by atoms with E-state index < -0.39 is 0 Å². The van der Waals surface area contributed by atoms with Gasteiger partial charge in [-0.2, -0.15) is 0 Å². The van der Waals surface area contributed by atoms with Crippen LogP contribution in [-0.2, 0) is 4.79 Å². The van der Waals surface area contributed by atoms with E-state index in [1.165, 1.54) is 16.7 Å². The number of nitrogens with zero attached hydrogens (tertiary/aromatic N) is 2. The van der Waals surface area contributed by atoms with Gasteiger partial charge in [0.05, 0.1) is 17.7 Å². The van der Waals surface area contributed by atoms with E-state index >= 15 is 0 Å². The Morgan fingerprint density at radius 2 is 2.05 bits per heavy atom. The first kappa shape index (κ1) is 14.7. The molecule has 1 aliphatic rings. The van der Waals surface area contributed by atoms with E-state index in [0.29, 0.717) is 9.23 Å². The molecule has 6 heteroatoms. The average molecular weight is 328 g/mol. The largest absolute Gasteiger partial charge is 0.497 e. The number of carbonyl (C=O) groups excluding carboxylic acids is 1. The van der Waals surface area contributed by atoms with Crippen molar-refractivity contribution in [3.8, 4) is 5.75 Å². The topological polar surface area (TPSA) is 42.4 Å². The SMILES string of the molecule is COc1ccc(N2C(=O)/C(=C\c3cccnc3)SC2=S)cc1. The summed E-state index contributed by atoms with van der Waals surface area (Å²) in [6.45, 7) is 0. The minimum absolute atomic E-state index is 0.121. The van der Waals surface area contributed by atoms with Crippen molar-refractivity contribution >= 4 is 46.0 Å². The van der Waals surface area contributed by atoms with Crippen LogP contribution in [0.4, 0.5) is 5.69 Å². The maximum atomic E-state index is 12.6. The van der Waals surface area contributed by atoms with E-state index in [2.05, 4.69) is 4.98 Å². The normalized spacial score (nSPS) is 16.4. The fourth-order valence-electron chi connectivity index (χ4n) is 2.03. The van der Waals surface area contributed by atoms with Crippen LogP contribution in [0.5, 0.6) is 5.75 Å². The average Bonchev–Trinajstić information content (AvgIpc) is 2.82. The molecule has 0 unspecified atom stereocenters. The van der Waals surface area contributed by atoms with Crippen molar-refractivity contribution in [1.29, 1.82) is 0 Å². The first-order chi connectivity index (χ1) is 10.7. The summed E-state index contributed by atoms with van der Waals surface area (Å²) >= 11 is 6.63. The first-order valence-electron chi connectivity index (χ1n) is 6.51. The second-order valence-corrected chi connectivity index (χ2v) is 6.18. The fourth-order valence-corrected chi connectivity index (χ4v) is 3.33. The lowest BCUT2D eigenvalue weighted by molar-refractivity contribution is -0.113. The molecule has 0 N–H and O–H groups in total. The third kappa shape index (κ3) is 2.88. The number of methoxy groups -OCH3 is 1. The Balaban J connectivity index is 1.89. The Morgan fingerprint density at radius 1 is 1.27 bits per heavy atom. The number of carbonyl (C=O) groups is 1. The summed E-state index contributed by atoms with van der Waals surface area (Å²) in [4.78, 5) is 18.7. The fraction of sp³-hybridized carbons (Fsp3) is 0.0625. The number of hydrogen-bond acceptors (Lipinski definition) is 5. The van der Waals surface area contributed by atoms with E-state index in [0.717, 1.165) is 17.0 Å². The Morgan fingerprint density at radius 3 is 2.68 bits per heavy atom. The van der Waals surface area contributed by atoms with Crippen molar-refractivity contribution in [2.75, 3.05) is 12.0 Å². The lowest BCUT2D eigenvalue weighted by Gasteiger charge is -2.14. The molecule has 1 fully saturated rings. The molecular weight excluding hydrogens is 316 g/mol. The first-order valence-corrected chi connectivity index (χ1v) is 7.73. The van der Waals surface area contributed by atoms with Crippen molar-refractivity contribution < 1.29 is 9.53 Å². The van der Waals surface area contributed by atoms with Gasteiger partial charge < -0.3 is 4.74 Å². The summed E-state index contributed by atoms with van der Waals surface area (Å²) in [6, 6.07) is 11.0. The highest BCUT2D eigenvalue weighted by atomic mass is 32.2. The summed E-state index contributed by atoms with van der Waals surface area (Å²) in [5.74, 6) is 0.615. The molecule has 4 nitrogen and oxygen atoms in total. The zero-order chi connectivity index (χ0) is 15.5. The third-order valence-corrected chi connectivity index (χ3v) is 4.41. The predicted octanol–water partition coefficient (Wildman–Crippen LogP) is 3.50. The molecule has 0 spiro atoms. The summed E-state index contributed by atoms with van der Waals surface area (Å²) < 4.78 is 5.64. The zero-order valence-electron chi connectivity index (χ0n) is 11.7. The number of anilines is 1. The molecule has 0 bridgehead atoms. The van der Waals surface area contributed by atoms with Gasteiger partial charge in [0, 0.05) is 12.4 Å². The van der Waals surface area contributed by atoms with Gasteiger partial charge in [-0.3, -0.25) is 14.7 Å². The summed E-state index contributed by atoms with van der Waals surface area (Å²) in [7, 11) is 1.60. The van der Waals surface area contributed by atoms with Crippen LogP contribution in [0.25, 0.3) is 6.08 Å². The van der Waals surface area contributed by atoms with Gasteiger partial charge in [0.1, 0.15) is 5.75 Å². The molecule has 0 atom stereocenters. The van der Waals surface area contributed by atoms with Gasteiger partial charge >= 0.3 is 0 Å². The minimum atomic E-state index is -0.121. The maximum Gasteiger partial charge on any atom is 0.270 e. The molecule has 3 rings (SSSR count). The molecule has 0 radical (unpaired) electrons. The van der Waals surface area contributed by atoms with Gasteiger partial charge in [0.15, 0.2) is 4.32 Å². The number of thiocarbonyl (C=S) groups is 1. The van der Waals surface area contributed by atoms with Crippen LogP contribution in [0.1, 0.15) is 5.56 Å². The number of hydrogen-bond donors (Lipinski definition) is 0. The van der Waals surface area contributed by atoms with E-state index in [-0.39, 0.29) is 5.91 Å². The molecule has 2 aromatic rings. The summed E-state index contributed by atoms with van der Waals surface area (Å²) in [5.41, 5.74) is 1.61. The Labute approximate surface area is 137 Å². The van der Waals surface area contributed by atoms with Crippen molar-refractivity contribution in [3.63, 3.8) is 0 Å². The van der Waals surface area contributed by atoms with E-state index in [9.17, 15) is 4.79 Å². The van der Waals surface area contributed by atoms with Crippen LogP contribution in [0.3, 0.4) is 0 Å². The molecule has 1 aliphatic heterocycles. The lowest BCUT2D eigenvalue weighted by atomic mass is 10.2. The number of aromatic nitrogens is 1. The number of benzene rings is 1. The Kier molecular flexibility index (Phi) is 4.22. The van der Waals surface area contributed by atoms with E-state index in [1.54, 1.807) is 37.7 Å². The van der Waals surface area contributed by atoms with E-state index in [4.69, 9.17) is 17.0 Å². The maximum absolute atomic E-state index is 12.6. The minimum Gasteiger partial charge on any atom is -0.497 e. The highest BCUT2D eigenvalue weighted by Crippen LogP contribution is 2.36. The third-order valence-electron chi connectivity index (χ3n) is 3.11. The monoisotopic (exact) mass is 328 g/mol. The van der Waals surface area contributed by atoms with Crippen LogP contribution in [0.2, 0.25) is 0 Å². The van der Waals surface area contributed by atoms with Crippen molar-refractivity contribution in [2.45, 2.75) is 0 Å². The smallest absolute Gasteiger partial charge is 0.270 e. The van der Waals surface area contributed by atoms with Gasteiger partial charge in [-0.25, -0.2) is 0 Å². The van der Waals surface area contributed by atoms with Gasteiger partial charge in [-0.1, -0.05) is 30.0 Å². The molecule has 110 valence electrons. The van der Waals surface area contributed by atoms with Crippen LogP contribution in [0.15, 0.2) is 53.7 Å². The van der Waals surface area contributed by atoms with Crippen LogP contribution in [0, 0.1) is 0 Å². The molecule has 22 heavy (non-hydrogen) atoms. The van der Waals surface area contributed by atoms with Gasteiger partial charge in [0.2, 0.25) is 0 Å². The quantitative estimate of drug-likeness (QED) is 0.637. The molecule has 1 aromatic heterocycles. The number of amides is 1. The Bertz CT molecular complexity index is 743. The predicted molar refractivity (Wildman–Crippen MR) is 92.9 cm³/mol. The molecule has 0 saturated carbocycles. The lowest BCUT2D eigenvalue weighted by Crippen LogP contribution is -2.27. The number of thioether (sulfide) groups is 1. The molecular formula is C16H12N2O2S2. The van der Waals surface area contributed by atoms with Crippen LogP contribution < -0.4 is 9.64 Å². The number of ether oxygens (including phenoxy) is 1. The standard InChI is InChI=1S/C16H12N2O2S2/c1-20-13-6-4-12(5-7-13)18-15(19)14(22-16(18)21)9-11-3-2-8-17-10-11/h2-10H,1H3/b14-9+. The second-order valence-electron chi connectivity index (χ2n) is 4.50. The van der Waals surface area contributed by atoms with Crippen LogP contribution >= 0.6 is 24.0 Å². The van der Waals surface area contributed by atoms with Crippen molar-refractivity contribution in [1.82, 2.24) is 4.98 Å². The number of pyridine rings is 1. The number of rotatable bonds is 3. The Hall–Kier alpha value is -2.18. The molecule has 0 aliphatic carbocycles. The van der Waals surface area contributed by atoms with Gasteiger partial charge in [-0.15, -0.1) is 0 Å². The van der Waals surface area contributed by atoms with Crippen molar-refractivity contribution in [2.24, 2.45) is 0 Å². The van der Waals surface area contributed by atoms with Crippen molar-refractivity contribution in [3.05, 3.63) is 59.3 Å². The molecule has 1 amide bonds. The second kappa shape index (κ2) is 6.29. The highest BCUT2D eigenvalue weighted by Gasteiger charge is 2.33. The van der Waals surface area contributed by atoms with Gasteiger partial charge in [0.25, 0.3) is 5.91 Å². The molecule has 1 saturated heterocycles. The summed E-state index contributed by atoms with van der Waals surface area (Å²) in [6.07, 6.45) is 5.20. The summed E-state index contributed by atoms with van der Waals surface area (Å²) in [5, 5.41) is 0. The van der Waals surface area contributed by atoms with Gasteiger partial charge in [-0.05, 0) is 42.0 Å². The van der Waals surface area contributed by atoms with E-state index in [1.807, 2.05) is 24.3 Å². The van der Waals surface area contributed by atoms with Crippen LogP contribution in [-0.4, -0.2) is 22.3 Å².